The third-order valence-electron chi connectivity index (χ3n) is 2.24. The third-order valence-corrected chi connectivity index (χ3v) is 2.24. The Labute approximate surface area is 89.6 Å². The van der Waals surface area contributed by atoms with Gasteiger partial charge in [0.1, 0.15) is 5.75 Å². The van der Waals surface area contributed by atoms with Crippen LogP contribution in [0.4, 0.5) is 11.4 Å². The minimum absolute atomic E-state index is 0.0268. The number of methoxy groups -OCH3 is 1. The van der Waals surface area contributed by atoms with Gasteiger partial charge in [-0.3, -0.25) is 4.79 Å². The summed E-state index contributed by atoms with van der Waals surface area (Å²) in [6.45, 7) is 1.82. The van der Waals surface area contributed by atoms with E-state index in [1.807, 2.05) is 6.92 Å². The fraction of sp³-hybridized carbons (Fsp3) is 0.364. The van der Waals surface area contributed by atoms with Crippen molar-refractivity contribution in [3.63, 3.8) is 0 Å². The summed E-state index contributed by atoms with van der Waals surface area (Å²) in [6.07, 6.45) is 0.453. The maximum atomic E-state index is 11.5. The fourth-order valence-corrected chi connectivity index (χ4v) is 1.34. The first-order valence-electron chi connectivity index (χ1n) is 4.80. The number of nitrogen functional groups attached to an aromatic ring is 1. The van der Waals surface area contributed by atoms with Gasteiger partial charge in [-0.25, -0.2) is 0 Å². The number of hydrogen-bond acceptors (Lipinski definition) is 3. The Morgan fingerprint density at radius 3 is 2.73 bits per heavy atom. The second-order valence-corrected chi connectivity index (χ2v) is 3.24. The molecule has 0 atom stereocenters. The molecule has 1 aromatic carbocycles. The molecule has 0 saturated heterocycles. The lowest BCUT2D eigenvalue weighted by atomic mass is 10.2. The SMILES string of the molecule is CCC(=O)N(C)c1cc(N)ccc1OC. The van der Waals surface area contributed by atoms with Gasteiger partial charge < -0.3 is 15.4 Å². The van der Waals surface area contributed by atoms with Crippen LogP contribution in [-0.2, 0) is 4.79 Å². The van der Waals surface area contributed by atoms with E-state index in [-0.39, 0.29) is 5.91 Å². The van der Waals surface area contributed by atoms with Crippen LogP contribution in [0.1, 0.15) is 13.3 Å². The number of carbonyl (C=O) groups is 1. The second kappa shape index (κ2) is 4.68. The third kappa shape index (κ3) is 2.40. The fourth-order valence-electron chi connectivity index (χ4n) is 1.34. The predicted octanol–water partition coefficient (Wildman–Crippen LogP) is 1.65. The molecule has 82 valence electrons. The molecular formula is C11H16N2O2. The van der Waals surface area contributed by atoms with Crippen LogP contribution < -0.4 is 15.4 Å². The summed E-state index contributed by atoms with van der Waals surface area (Å²) in [7, 11) is 3.28. The van der Waals surface area contributed by atoms with Gasteiger partial charge in [-0.2, -0.15) is 0 Å². The number of carbonyl (C=O) groups excluding carboxylic acids is 1. The monoisotopic (exact) mass is 208 g/mol. The molecule has 0 spiro atoms. The van der Waals surface area contributed by atoms with Crippen LogP contribution in [0.15, 0.2) is 18.2 Å². The van der Waals surface area contributed by atoms with E-state index in [0.717, 1.165) is 0 Å². The number of nitrogens with two attached hydrogens (primary N) is 1. The summed E-state index contributed by atoms with van der Waals surface area (Å²) in [5, 5.41) is 0. The van der Waals surface area contributed by atoms with Crippen LogP contribution in [0.25, 0.3) is 0 Å². The Morgan fingerprint density at radius 1 is 1.53 bits per heavy atom. The normalized spacial score (nSPS) is 9.80. The van der Waals surface area contributed by atoms with Crippen LogP contribution in [0.2, 0.25) is 0 Å². The van der Waals surface area contributed by atoms with Gasteiger partial charge in [0.2, 0.25) is 5.91 Å². The van der Waals surface area contributed by atoms with E-state index in [9.17, 15) is 4.79 Å². The second-order valence-electron chi connectivity index (χ2n) is 3.24. The molecule has 0 aromatic heterocycles. The first-order valence-corrected chi connectivity index (χ1v) is 4.80. The Balaban J connectivity index is 3.10. The highest BCUT2D eigenvalue weighted by Crippen LogP contribution is 2.29. The van der Waals surface area contributed by atoms with Crippen molar-refractivity contribution in [2.75, 3.05) is 24.8 Å². The van der Waals surface area contributed by atoms with Gasteiger partial charge in [0.05, 0.1) is 12.8 Å². The predicted molar refractivity (Wildman–Crippen MR) is 61.1 cm³/mol. The number of benzene rings is 1. The van der Waals surface area contributed by atoms with Gasteiger partial charge in [-0.1, -0.05) is 6.92 Å². The molecule has 0 aliphatic heterocycles. The van der Waals surface area contributed by atoms with Crippen molar-refractivity contribution in [2.45, 2.75) is 13.3 Å². The van der Waals surface area contributed by atoms with Crippen LogP contribution >= 0.6 is 0 Å². The molecule has 0 radical (unpaired) electrons. The number of rotatable bonds is 3. The van der Waals surface area contributed by atoms with Crippen LogP contribution in [-0.4, -0.2) is 20.1 Å². The topological polar surface area (TPSA) is 55.6 Å². The molecule has 1 aromatic rings. The smallest absolute Gasteiger partial charge is 0.226 e. The average molecular weight is 208 g/mol. The van der Waals surface area contributed by atoms with Gasteiger partial charge in [-0.15, -0.1) is 0 Å². The van der Waals surface area contributed by atoms with E-state index in [1.54, 1.807) is 37.3 Å². The number of nitrogens with zero attached hydrogens (tertiary/aromatic N) is 1. The molecule has 4 heteroatoms. The summed E-state index contributed by atoms with van der Waals surface area (Å²) in [5.41, 5.74) is 6.98. The van der Waals surface area contributed by atoms with E-state index in [0.29, 0.717) is 23.5 Å². The van der Waals surface area contributed by atoms with Gasteiger partial charge in [0, 0.05) is 19.2 Å². The van der Waals surface area contributed by atoms with Crippen molar-refractivity contribution in [3.8, 4) is 5.75 Å². The number of ether oxygens (including phenoxy) is 1. The first kappa shape index (κ1) is 11.4. The highest BCUT2D eigenvalue weighted by Gasteiger charge is 2.13. The minimum Gasteiger partial charge on any atom is -0.495 e. The van der Waals surface area contributed by atoms with Crippen molar-refractivity contribution >= 4 is 17.3 Å². The largest absolute Gasteiger partial charge is 0.495 e. The van der Waals surface area contributed by atoms with Gasteiger partial charge in [0.25, 0.3) is 0 Å². The van der Waals surface area contributed by atoms with Gasteiger partial charge in [-0.05, 0) is 18.2 Å². The van der Waals surface area contributed by atoms with Crippen molar-refractivity contribution in [1.82, 2.24) is 0 Å². The molecule has 0 saturated carbocycles. The molecule has 0 unspecified atom stereocenters. The molecule has 4 nitrogen and oxygen atoms in total. The summed E-state index contributed by atoms with van der Waals surface area (Å²) >= 11 is 0. The lowest BCUT2D eigenvalue weighted by Crippen LogP contribution is -2.25. The van der Waals surface area contributed by atoms with E-state index < -0.39 is 0 Å². The molecule has 0 aliphatic carbocycles. The lowest BCUT2D eigenvalue weighted by Gasteiger charge is -2.19. The van der Waals surface area contributed by atoms with E-state index in [2.05, 4.69) is 0 Å². The van der Waals surface area contributed by atoms with Crippen molar-refractivity contribution < 1.29 is 9.53 Å². The zero-order valence-corrected chi connectivity index (χ0v) is 9.28. The van der Waals surface area contributed by atoms with Crippen molar-refractivity contribution in [1.29, 1.82) is 0 Å². The van der Waals surface area contributed by atoms with Crippen molar-refractivity contribution in [2.24, 2.45) is 0 Å². The number of amides is 1. The maximum absolute atomic E-state index is 11.5. The maximum Gasteiger partial charge on any atom is 0.226 e. The van der Waals surface area contributed by atoms with E-state index in [1.165, 1.54) is 0 Å². The highest BCUT2D eigenvalue weighted by molar-refractivity contribution is 5.94. The van der Waals surface area contributed by atoms with Crippen LogP contribution in [0.3, 0.4) is 0 Å². The lowest BCUT2D eigenvalue weighted by molar-refractivity contribution is -0.118. The molecule has 0 fully saturated rings. The standard InChI is InChI=1S/C11H16N2O2/c1-4-11(14)13(2)9-7-8(12)5-6-10(9)15-3/h5-7H,4,12H2,1-3H3. The van der Waals surface area contributed by atoms with E-state index in [4.69, 9.17) is 10.5 Å². The van der Waals surface area contributed by atoms with Crippen molar-refractivity contribution in [3.05, 3.63) is 18.2 Å². The Bertz CT molecular complexity index is 364. The molecule has 0 bridgehead atoms. The average Bonchev–Trinajstić information content (AvgIpc) is 2.27. The summed E-state index contributed by atoms with van der Waals surface area (Å²) < 4.78 is 5.17. The molecule has 15 heavy (non-hydrogen) atoms. The molecule has 1 rings (SSSR count). The zero-order valence-electron chi connectivity index (χ0n) is 9.28. The molecule has 2 N–H and O–H groups in total. The first-order chi connectivity index (χ1) is 7.10. The van der Waals surface area contributed by atoms with Gasteiger partial charge >= 0.3 is 0 Å². The minimum atomic E-state index is 0.0268. The molecule has 0 aliphatic rings. The summed E-state index contributed by atoms with van der Waals surface area (Å²) in [6, 6.07) is 5.23. The van der Waals surface area contributed by atoms with E-state index >= 15 is 0 Å². The Hall–Kier alpha value is -1.71. The molecule has 1 amide bonds. The van der Waals surface area contributed by atoms with Gasteiger partial charge in [0.15, 0.2) is 0 Å². The van der Waals surface area contributed by atoms with Crippen LogP contribution in [0, 0.1) is 0 Å². The molecular weight excluding hydrogens is 192 g/mol. The number of hydrogen-bond donors (Lipinski definition) is 1. The molecule has 0 heterocycles. The summed E-state index contributed by atoms with van der Waals surface area (Å²) in [5.74, 6) is 0.674. The summed E-state index contributed by atoms with van der Waals surface area (Å²) in [4.78, 5) is 13.1. The number of anilines is 2. The zero-order chi connectivity index (χ0) is 11.4. The highest BCUT2D eigenvalue weighted by atomic mass is 16.5. The Kier molecular flexibility index (Phi) is 3.55. The Morgan fingerprint density at radius 2 is 2.20 bits per heavy atom. The van der Waals surface area contributed by atoms with Crippen LogP contribution in [0.5, 0.6) is 5.75 Å². The quantitative estimate of drug-likeness (QED) is 0.768.